The summed E-state index contributed by atoms with van der Waals surface area (Å²) in [4.78, 5) is 23.5. The predicted molar refractivity (Wildman–Crippen MR) is 70.3 cm³/mol. The molecular formula is C11H11Cl2FN2O3. The van der Waals surface area contributed by atoms with Gasteiger partial charge >= 0.3 is 12.0 Å². The summed E-state index contributed by atoms with van der Waals surface area (Å²) >= 11 is 11.5. The fraction of sp³-hybridized carbons (Fsp3) is 0.273. The molecule has 19 heavy (non-hydrogen) atoms. The highest BCUT2D eigenvalue weighted by molar-refractivity contribution is 6.39. The van der Waals surface area contributed by atoms with Gasteiger partial charge in [-0.2, -0.15) is 0 Å². The van der Waals surface area contributed by atoms with Gasteiger partial charge in [0.1, 0.15) is 11.9 Å². The Morgan fingerprint density at radius 1 is 1.37 bits per heavy atom. The molecular weight excluding hydrogens is 298 g/mol. The van der Waals surface area contributed by atoms with Crippen molar-refractivity contribution in [1.82, 2.24) is 4.90 Å². The first kappa shape index (κ1) is 15.5. The first-order valence-corrected chi connectivity index (χ1v) is 5.90. The van der Waals surface area contributed by atoms with Crippen molar-refractivity contribution < 1.29 is 19.1 Å². The number of halogens is 3. The Balaban J connectivity index is 2.92. The SMILES string of the molecule is CC(C(=O)O)N(C)C(=O)Nc1c(Cl)cc(F)cc1Cl. The van der Waals surface area contributed by atoms with E-state index in [-0.39, 0.29) is 15.7 Å². The molecule has 0 aromatic heterocycles. The molecule has 0 saturated heterocycles. The highest BCUT2D eigenvalue weighted by Gasteiger charge is 2.23. The fourth-order valence-electron chi connectivity index (χ4n) is 1.20. The molecule has 0 heterocycles. The minimum Gasteiger partial charge on any atom is -0.480 e. The van der Waals surface area contributed by atoms with Crippen molar-refractivity contribution in [2.75, 3.05) is 12.4 Å². The van der Waals surface area contributed by atoms with Gasteiger partial charge in [-0.25, -0.2) is 14.0 Å². The summed E-state index contributed by atoms with van der Waals surface area (Å²) in [5.74, 6) is -1.80. The molecule has 5 nitrogen and oxygen atoms in total. The van der Waals surface area contributed by atoms with E-state index in [0.29, 0.717) is 0 Å². The van der Waals surface area contributed by atoms with Gasteiger partial charge in [-0.3, -0.25) is 0 Å². The van der Waals surface area contributed by atoms with E-state index >= 15 is 0 Å². The van der Waals surface area contributed by atoms with Crippen LogP contribution < -0.4 is 5.32 Å². The number of hydrogen-bond acceptors (Lipinski definition) is 2. The van der Waals surface area contributed by atoms with Crippen LogP contribution in [0.2, 0.25) is 10.0 Å². The van der Waals surface area contributed by atoms with Crippen LogP contribution in [0.25, 0.3) is 0 Å². The molecule has 0 aliphatic rings. The minimum absolute atomic E-state index is 0.0270. The average Bonchev–Trinajstić information content (AvgIpc) is 2.31. The molecule has 1 aromatic carbocycles. The van der Waals surface area contributed by atoms with E-state index in [1.165, 1.54) is 14.0 Å². The molecule has 104 valence electrons. The van der Waals surface area contributed by atoms with E-state index in [4.69, 9.17) is 28.3 Å². The molecule has 0 aliphatic carbocycles. The quantitative estimate of drug-likeness (QED) is 0.901. The molecule has 2 N–H and O–H groups in total. The Kier molecular flexibility index (Phi) is 4.97. The van der Waals surface area contributed by atoms with Crippen LogP contribution in [0.4, 0.5) is 14.9 Å². The first-order chi connectivity index (χ1) is 8.73. The Morgan fingerprint density at radius 2 is 1.84 bits per heavy atom. The van der Waals surface area contributed by atoms with Gasteiger partial charge in [-0.1, -0.05) is 23.2 Å². The standard InChI is InChI=1S/C11H11Cl2FN2O3/c1-5(10(17)18)16(2)11(19)15-9-7(12)3-6(14)4-8(9)13/h3-5H,1-2H3,(H,15,19)(H,17,18). The van der Waals surface area contributed by atoms with Crippen molar-refractivity contribution in [3.63, 3.8) is 0 Å². The maximum Gasteiger partial charge on any atom is 0.326 e. The van der Waals surface area contributed by atoms with Gasteiger partial charge < -0.3 is 15.3 Å². The van der Waals surface area contributed by atoms with Crippen molar-refractivity contribution in [2.45, 2.75) is 13.0 Å². The van der Waals surface area contributed by atoms with Crippen LogP contribution in [0, 0.1) is 5.82 Å². The Morgan fingerprint density at radius 3 is 2.26 bits per heavy atom. The van der Waals surface area contributed by atoms with Crippen LogP contribution in [0.3, 0.4) is 0 Å². The number of carboxylic acid groups (broad SMARTS) is 1. The van der Waals surface area contributed by atoms with Crippen molar-refractivity contribution >= 4 is 40.9 Å². The molecule has 1 atom stereocenters. The molecule has 0 aliphatic heterocycles. The maximum absolute atomic E-state index is 13.0. The summed E-state index contributed by atoms with van der Waals surface area (Å²) in [6.07, 6.45) is 0. The number of urea groups is 1. The maximum atomic E-state index is 13.0. The number of nitrogens with zero attached hydrogens (tertiary/aromatic N) is 1. The third-order valence-electron chi connectivity index (χ3n) is 2.50. The lowest BCUT2D eigenvalue weighted by Crippen LogP contribution is -2.42. The topological polar surface area (TPSA) is 69.6 Å². The summed E-state index contributed by atoms with van der Waals surface area (Å²) in [7, 11) is 1.31. The van der Waals surface area contributed by atoms with Crippen LogP contribution in [0.5, 0.6) is 0 Å². The summed E-state index contributed by atoms with van der Waals surface area (Å²) in [5.41, 5.74) is 0.0270. The molecule has 0 fully saturated rings. The third-order valence-corrected chi connectivity index (χ3v) is 3.09. The van der Waals surface area contributed by atoms with Gasteiger partial charge in [0.25, 0.3) is 0 Å². The molecule has 0 bridgehead atoms. The molecule has 0 saturated carbocycles. The van der Waals surface area contributed by atoms with E-state index in [0.717, 1.165) is 17.0 Å². The summed E-state index contributed by atoms with van der Waals surface area (Å²) in [6.45, 7) is 1.34. The van der Waals surface area contributed by atoms with Gasteiger partial charge in [0.2, 0.25) is 0 Å². The number of benzene rings is 1. The predicted octanol–water partition coefficient (Wildman–Crippen LogP) is 3.07. The average molecular weight is 309 g/mol. The van der Waals surface area contributed by atoms with Crippen molar-refractivity contribution in [1.29, 1.82) is 0 Å². The second-order valence-electron chi connectivity index (χ2n) is 3.80. The highest BCUT2D eigenvalue weighted by atomic mass is 35.5. The van der Waals surface area contributed by atoms with Gasteiger partial charge in [0.05, 0.1) is 15.7 Å². The molecule has 1 unspecified atom stereocenters. The normalized spacial score (nSPS) is 11.8. The number of hydrogen-bond donors (Lipinski definition) is 2. The van der Waals surface area contributed by atoms with Crippen molar-refractivity contribution in [3.8, 4) is 0 Å². The number of carboxylic acids is 1. The van der Waals surface area contributed by atoms with Crippen molar-refractivity contribution in [3.05, 3.63) is 28.0 Å². The Hall–Kier alpha value is -1.53. The molecule has 0 spiro atoms. The van der Waals surface area contributed by atoms with E-state index < -0.39 is 23.9 Å². The molecule has 0 radical (unpaired) electrons. The van der Waals surface area contributed by atoms with Gasteiger partial charge in [0, 0.05) is 7.05 Å². The van der Waals surface area contributed by atoms with E-state index in [2.05, 4.69) is 5.32 Å². The summed E-state index contributed by atoms with van der Waals surface area (Å²) in [6, 6.07) is 0.233. The zero-order valence-corrected chi connectivity index (χ0v) is 11.6. The third kappa shape index (κ3) is 3.71. The second kappa shape index (κ2) is 6.08. The number of rotatable bonds is 3. The zero-order valence-electron chi connectivity index (χ0n) is 10.1. The van der Waals surface area contributed by atoms with Crippen LogP contribution in [-0.2, 0) is 4.79 Å². The fourth-order valence-corrected chi connectivity index (χ4v) is 1.75. The van der Waals surface area contributed by atoms with Gasteiger partial charge in [-0.05, 0) is 19.1 Å². The highest BCUT2D eigenvalue weighted by Crippen LogP contribution is 2.31. The number of carbonyl (C=O) groups is 2. The molecule has 1 rings (SSSR count). The monoisotopic (exact) mass is 308 g/mol. The molecule has 2 amide bonds. The second-order valence-corrected chi connectivity index (χ2v) is 4.61. The number of aliphatic carboxylic acids is 1. The smallest absolute Gasteiger partial charge is 0.326 e. The lowest BCUT2D eigenvalue weighted by molar-refractivity contribution is -0.141. The van der Waals surface area contributed by atoms with E-state index in [1.807, 2.05) is 0 Å². The van der Waals surface area contributed by atoms with Crippen LogP contribution in [0.1, 0.15) is 6.92 Å². The number of carbonyl (C=O) groups excluding carboxylic acids is 1. The Labute approximate surface area is 118 Å². The minimum atomic E-state index is -1.16. The van der Waals surface area contributed by atoms with Crippen LogP contribution >= 0.6 is 23.2 Å². The molecule has 8 heteroatoms. The van der Waals surface area contributed by atoms with E-state index in [1.54, 1.807) is 0 Å². The first-order valence-electron chi connectivity index (χ1n) is 5.15. The number of likely N-dealkylation sites (N-methyl/N-ethyl adjacent to an activating group) is 1. The lowest BCUT2D eigenvalue weighted by atomic mass is 10.3. The van der Waals surface area contributed by atoms with Gasteiger partial charge in [-0.15, -0.1) is 0 Å². The van der Waals surface area contributed by atoms with Crippen molar-refractivity contribution in [2.24, 2.45) is 0 Å². The van der Waals surface area contributed by atoms with Gasteiger partial charge in [0.15, 0.2) is 0 Å². The lowest BCUT2D eigenvalue weighted by Gasteiger charge is -2.22. The van der Waals surface area contributed by atoms with Crippen LogP contribution in [-0.4, -0.2) is 35.1 Å². The summed E-state index contributed by atoms with van der Waals surface area (Å²) < 4.78 is 13.0. The Bertz CT molecular complexity index is 502. The zero-order chi connectivity index (χ0) is 14.7. The molecule has 1 aromatic rings. The number of nitrogens with one attached hydrogen (secondary N) is 1. The summed E-state index contributed by atoms with van der Waals surface area (Å²) in [5, 5.41) is 11.0. The number of anilines is 1. The van der Waals surface area contributed by atoms with Crippen LogP contribution in [0.15, 0.2) is 12.1 Å². The number of amides is 2. The van der Waals surface area contributed by atoms with E-state index in [9.17, 15) is 14.0 Å². The largest absolute Gasteiger partial charge is 0.480 e.